The minimum atomic E-state index is -0.664. The van der Waals surface area contributed by atoms with Crippen LogP contribution in [0.15, 0.2) is 18.2 Å². The predicted octanol–water partition coefficient (Wildman–Crippen LogP) is 4.80. The average molecular weight is 350 g/mol. The Balaban J connectivity index is 1.99. The van der Waals surface area contributed by atoms with Gasteiger partial charge >= 0.3 is 0 Å². The molecule has 1 saturated heterocycles. The van der Waals surface area contributed by atoms with Crippen LogP contribution in [0.2, 0.25) is 0 Å². The van der Waals surface area contributed by atoms with Crippen molar-refractivity contribution >= 4 is 17.2 Å². The molecule has 0 aliphatic carbocycles. The smallest absolute Gasteiger partial charge is 0.266 e. The normalized spacial score (nSPS) is 21.1. The minimum Gasteiger partial charge on any atom is -0.332 e. The van der Waals surface area contributed by atoms with Crippen molar-refractivity contribution in [1.82, 2.24) is 9.88 Å². The SMILES string of the molecule is Cc1nc(-c2c(F)cccc2F)sc1C(=O)N1C(C)CCCC1C. The third-order valence-corrected chi connectivity index (χ3v) is 5.76. The van der Waals surface area contributed by atoms with Gasteiger partial charge in [0.2, 0.25) is 0 Å². The first-order valence-electron chi connectivity index (χ1n) is 8.14. The standard InChI is InChI=1S/C18H20F2N2OS/c1-10-6-4-7-11(2)22(10)18(23)16-12(3)21-17(24-16)15-13(19)8-5-9-14(15)20/h5,8-11H,4,6-7H2,1-3H3. The molecule has 0 N–H and O–H groups in total. The Morgan fingerprint density at radius 3 is 2.38 bits per heavy atom. The molecular formula is C18H20F2N2OS. The fourth-order valence-corrected chi connectivity index (χ4v) is 4.40. The van der Waals surface area contributed by atoms with Gasteiger partial charge in [-0.25, -0.2) is 13.8 Å². The summed E-state index contributed by atoms with van der Waals surface area (Å²) in [5, 5.41) is 0.212. The maximum absolute atomic E-state index is 14.0. The first-order valence-corrected chi connectivity index (χ1v) is 8.96. The van der Waals surface area contributed by atoms with Crippen molar-refractivity contribution in [3.05, 3.63) is 40.4 Å². The quantitative estimate of drug-likeness (QED) is 0.779. The maximum Gasteiger partial charge on any atom is 0.266 e. The van der Waals surface area contributed by atoms with Gasteiger partial charge in [-0.1, -0.05) is 6.07 Å². The molecule has 0 bridgehead atoms. The Bertz CT molecular complexity index is 744. The van der Waals surface area contributed by atoms with Crippen molar-refractivity contribution in [3.63, 3.8) is 0 Å². The number of hydrogen-bond donors (Lipinski definition) is 0. The van der Waals surface area contributed by atoms with Gasteiger partial charge in [-0.3, -0.25) is 4.79 Å². The zero-order chi connectivity index (χ0) is 17.4. The van der Waals surface area contributed by atoms with Crippen molar-refractivity contribution in [1.29, 1.82) is 0 Å². The van der Waals surface area contributed by atoms with Crippen molar-refractivity contribution in [2.45, 2.75) is 52.1 Å². The van der Waals surface area contributed by atoms with Crippen LogP contribution in [0.4, 0.5) is 8.78 Å². The lowest BCUT2D eigenvalue weighted by Crippen LogP contribution is -2.47. The lowest BCUT2D eigenvalue weighted by atomic mass is 9.97. The van der Waals surface area contributed by atoms with Gasteiger partial charge in [-0.15, -0.1) is 11.3 Å². The summed E-state index contributed by atoms with van der Waals surface area (Å²) in [6.45, 7) is 5.80. The van der Waals surface area contributed by atoms with E-state index in [0.717, 1.165) is 30.6 Å². The highest BCUT2D eigenvalue weighted by Crippen LogP contribution is 2.34. The van der Waals surface area contributed by atoms with E-state index in [1.54, 1.807) is 6.92 Å². The van der Waals surface area contributed by atoms with Crippen molar-refractivity contribution < 1.29 is 13.6 Å². The largest absolute Gasteiger partial charge is 0.332 e. The number of aromatic nitrogens is 1. The molecule has 0 spiro atoms. The van der Waals surface area contributed by atoms with Crippen LogP contribution in [-0.4, -0.2) is 27.9 Å². The van der Waals surface area contributed by atoms with Gasteiger partial charge < -0.3 is 4.90 Å². The fraction of sp³-hybridized carbons (Fsp3) is 0.444. The third kappa shape index (κ3) is 2.95. The van der Waals surface area contributed by atoms with E-state index in [0.29, 0.717) is 10.6 Å². The summed E-state index contributed by atoms with van der Waals surface area (Å²) in [7, 11) is 0. The highest BCUT2D eigenvalue weighted by atomic mass is 32.1. The van der Waals surface area contributed by atoms with Gasteiger partial charge in [-0.05, 0) is 52.2 Å². The number of thiazole rings is 1. The molecule has 1 aromatic heterocycles. The zero-order valence-corrected chi connectivity index (χ0v) is 14.8. The van der Waals surface area contributed by atoms with Crippen molar-refractivity contribution in [2.75, 3.05) is 0 Å². The van der Waals surface area contributed by atoms with Gasteiger partial charge in [0.25, 0.3) is 5.91 Å². The molecule has 6 heteroatoms. The molecule has 2 heterocycles. The first-order chi connectivity index (χ1) is 11.4. The van der Waals surface area contributed by atoms with E-state index in [2.05, 4.69) is 4.98 Å². The van der Waals surface area contributed by atoms with E-state index in [9.17, 15) is 13.6 Å². The Morgan fingerprint density at radius 2 is 1.79 bits per heavy atom. The van der Waals surface area contributed by atoms with E-state index in [1.807, 2.05) is 18.7 Å². The second-order valence-corrected chi connectivity index (χ2v) is 7.37. The molecule has 24 heavy (non-hydrogen) atoms. The zero-order valence-electron chi connectivity index (χ0n) is 14.0. The van der Waals surface area contributed by atoms with Crippen LogP contribution in [0.1, 0.15) is 48.5 Å². The van der Waals surface area contributed by atoms with E-state index in [-0.39, 0.29) is 28.6 Å². The van der Waals surface area contributed by atoms with Crippen LogP contribution >= 0.6 is 11.3 Å². The van der Waals surface area contributed by atoms with Gasteiger partial charge in [0.15, 0.2) is 0 Å². The number of piperidine rings is 1. The number of halogens is 2. The summed E-state index contributed by atoms with van der Waals surface area (Å²) < 4.78 is 28.0. The number of hydrogen-bond acceptors (Lipinski definition) is 3. The van der Waals surface area contributed by atoms with Gasteiger partial charge in [0, 0.05) is 12.1 Å². The summed E-state index contributed by atoms with van der Waals surface area (Å²) >= 11 is 1.06. The molecule has 0 saturated carbocycles. The monoisotopic (exact) mass is 350 g/mol. The number of aryl methyl sites for hydroxylation is 1. The second kappa shape index (κ2) is 6.59. The average Bonchev–Trinajstić information content (AvgIpc) is 2.88. The van der Waals surface area contributed by atoms with E-state index in [4.69, 9.17) is 0 Å². The first kappa shape index (κ1) is 17.0. The van der Waals surface area contributed by atoms with Crippen LogP contribution in [-0.2, 0) is 0 Å². The van der Waals surface area contributed by atoms with Crippen LogP contribution in [0.25, 0.3) is 10.6 Å². The molecule has 3 rings (SSSR count). The third-order valence-electron chi connectivity index (χ3n) is 4.60. The molecule has 3 nitrogen and oxygen atoms in total. The second-order valence-electron chi connectivity index (χ2n) is 6.37. The van der Waals surface area contributed by atoms with Crippen LogP contribution in [0, 0.1) is 18.6 Å². The van der Waals surface area contributed by atoms with Crippen LogP contribution in [0.5, 0.6) is 0 Å². The van der Waals surface area contributed by atoms with Crippen molar-refractivity contribution in [3.8, 4) is 10.6 Å². The summed E-state index contributed by atoms with van der Waals surface area (Å²) in [5.41, 5.74) is 0.358. The fourth-order valence-electron chi connectivity index (χ4n) is 3.34. The number of carbonyl (C=O) groups is 1. The molecule has 1 amide bonds. The number of likely N-dealkylation sites (tertiary alicyclic amines) is 1. The molecular weight excluding hydrogens is 330 g/mol. The predicted molar refractivity (Wildman–Crippen MR) is 91.1 cm³/mol. The number of carbonyl (C=O) groups excluding carboxylic acids is 1. The lowest BCUT2D eigenvalue weighted by Gasteiger charge is -2.38. The van der Waals surface area contributed by atoms with Gasteiger partial charge in [0.05, 0.1) is 11.3 Å². The van der Waals surface area contributed by atoms with Crippen LogP contribution < -0.4 is 0 Å². The van der Waals surface area contributed by atoms with Crippen LogP contribution in [0.3, 0.4) is 0 Å². The highest BCUT2D eigenvalue weighted by Gasteiger charge is 2.32. The summed E-state index contributed by atoms with van der Waals surface area (Å²) in [4.78, 5) is 19.6. The molecule has 2 atom stereocenters. The minimum absolute atomic E-state index is 0.0901. The molecule has 1 fully saturated rings. The molecule has 1 aliphatic rings. The Kier molecular flexibility index (Phi) is 4.67. The molecule has 1 aliphatic heterocycles. The van der Waals surface area contributed by atoms with Crippen molar-refractivity contribution in [2.24, 2.45) is 0 Å². The summed E-state index contributed by atoms with van der Waals surface area (Å²) in [5.74, 6) is -1.42. The molecule has 2 aromatic rings. The lowest BCUT2D eigenvalue weighted by molar-refractivity contribution is 0.0515. The molecule has 2 unspecified atom stereocenters. The van der Waals surface area contributed by atoms with Gasteiger partial charge in [-0.2, -0.15) is 0 Å². The number of nitrogens with zero attached hydrogens (tertiary/aromatic N) is 2. The number of benzene rings is 1. The summed E-state index contributed by atoms with van der Waals surface area (Å²) in [6.07, 6.45) is 3.06. The van der Waals surface area contributed by atoms with E-state index < -0.39 is 11.6 Å². The topological polar surface area (TPSA) is 33.2 Å². The molecule has 1 aromatic carbocycles. The number of rotatable bonds is 2. The van der Waals surface area contributed by atoms with E-state index in [1.165, 1.54) is 18.2 Å². The summed E-state index contributed by atoms with van der Waals surface area (Å²) in [6, 6.07) is 4.04. The Hall–Kier alpha value is -1.82. The van der Waals surface area contributed by atoms with E-state index >= 15 is 0 Å². The molecule has 128 valence electrons. The Morgan fingerprint density at radius 1 is 1.21 bits per heavy atom. The number of amides is 1. The van der Waals surface area contributed by atoms with Gasteiger partial charge in [0.1, 0.15) is 21.5 Å². The Labute approximate surface area is 144 Å². The maximum atomic E-state index is 14.0. The molecule has 0 radical (unpaired) electrons. The highest BCUT2D eigenvalue weighted by molar-refractivity contribution is 7.17.